The van der Waals surface area contributed by atoms with Crippen molar-refractivity contribution in [1.82, 2.24) is 0 Å². The topological polar surface area (TPSA) is 46.6 Å². The standard InChI is InChI=1S/C21H17NO3/c23-20-6-3-13-22(20)18-10-7-16(8-11-18)21(24)25-19-12-9-15-4-1-2-5-17(15)14-19/h1-2,4-5,7-12,14H,3,6,13H2. The van der Waals surface area contributed by atoms with Gasteiger partial charge in [0.25, 0.3) is 0 Å². The van der Waals surface area contributed by atoms with Gasteiger partial charge in [0.1, 0.15) is 5.75 Å². The number of ether oxygens (including phenoxy) is 1. The van der Waals surface area contributed by atoms with Crippen LogP contribution in [0.3, 0.4) is 0 Å². The van der Waals surface area contributed by atoms with E-state index in [4.69, 9.17) is 4.74 Å². The number of rotatable bonds is 3. The van der Waals surface area contributed by atoms with E-state index in [0.717, 1.165) is 29.4 Å². The summed E-state index contributed by atoms with van der Waals surface area (Å²) in [5, 5.41) is 2.12. The highest BCUT2D eigenvalue weighted by molar-refractivity contribution is 5.96. The first-order chi connectivity index (χ1) is 12.2. The third-order valence-electron chi connectivity index (χ3n) is 4.42. The predicted octanol–water partition coefficient (Wildman–Crippen LogP) is 4.19. The van der Waals surface area contributed by atoms with Gasteiger partial charge in [0.2, 0.25) is 5.91 Å². The van der Waals surface area contributed by atoms with Crippen molar-refractivity contribution in [2.75, 3.05) is 11.4 Å². The van der Waals surface area contributed by atoms with Crippen LogP contribution in [0.25, 0.3) is 10.8 Å². The fourth-order valence-corrected chi connectivity index (χ4v) is 3.10. The van der Waals surface area contributed by atoms with Crippen LogP contribution >= 0.6 is 0 Å². The van der Waals surface area contributed by atoms with Gasteiger partial charge < -0.3 is 9.64 Å². The molecule has 124 valence electrons. The van der Waals surface area contributed by atoms with Crippen molar-refractivity contribution in [3.8, 4) is 5.75 Å². The summed E-state index contributed by atoms with van der Waals surface area (Å²) in [4.78, 5) is 25.9. The maximum absolute atomic E-state index is 12.3. The molecule has 4 rings (SSSR count). The van der Waals surface area contributed by atoms with Gasteiger partial charge in [-0.25, -0.2) is 4.79 Å². The molecule has 0 aliphatic carbocycles. The van der Waals surface area contributed by atoms with Crippen molar-refractivity contribution in [1.29, 1.82) is 0 Å². The Hall–Kier alpha value is -3.14. The number of benzene rings is 3. The third-order valence-corrected chi connectivity index (χ3v) is 4.42. The Labute approximate surface area is 145 Å². The number of hydrogen-bond acceptors (Lipinski definition) is 3. The summed E-state index contributed by atoms with van der Waals surface area (Å²) in [6.07, 6.45) is 1.47. The van der Waals surface area contributed by atoms with E-state index in [9.17, 15) is 9.59 Å². The van der Waals surface area contributed by atoms with Crippen LogP contribution in [0.2, 0.25) is 0 Å². The van der Waals surface area contributed by atoms with Crippen LogP contribution in [-0.2, 0) is 4.79 Å². The second-order valence-corrected chi connectivity index (χ2v) is 6.09. The summed E-state index contributed by atoms with van der Waals surface area (Å²) >= 11 is 0. The molecule has 0 N–H and O–H groups in total. The minimum atomic E-state index is -0.408. The Morgan fingerprint density at radius 1 is 0.920 bits per heavy atom. The van der Waals surface area contributed by atoms with Crippen molar-refractivity contribution in [3.05, 3.63) is 72.3 Å². The average Bonchev–Trinajstić information content (AvgIpc) is 3.08. The van der Waals surface area contributed by atoms with E-state index in [0.29, 0.717) is 17.7 Å². The van der Waals surface area contributed by atoms with Crippen molar-refractivity contribution in [2.45, 2.75) is 12.8 Å². The van der Waals surface area contributed by atoms with Gasteiger partial charge in [-0.1, -0.05) is 30.3 Å². The lowest BCUT2D eigenvalue weighted by molar-refractivity contribution is -0.117. The van der Waals surface area contributed by atoms with Crippen molar-refractivity contribution < 1.29 is 14.3 Å². The van der Waals surface area contributed by atoms with Crippen LogP contribution < -0.4 is 9.64 Å². The first-order valence-corrected chi connectivity index (χ1v) is 8.32. The second-order valence-electron chi connectivity index (χ2n) is 6.09. The summed E-state index contributed by atoms with van der Waals surface area (Å²) in [7, 11) is 0. The average molecular weight is 331 g/mol. The van der Waals surface area contributed by atoms with Gasteiger partial charge in [0, 0.05) is 18.7 Å². The zero-order chi connectivity index (χ0) is 17.2. The molecule has 0 saturated carbocycles. The molecule has 1 aliphatic rings. The molecule has 0 spiro atoms. The molecule has 3 aromatic carbocycles. The summed E-state index contributed by atoms with van der Waals surface area (Å²) in [6.45, 7) is 0.736. The van der Waals surface area contributed by atoms with Crippen LogP contribution in [-0.4, -0.2) is 18.4 Å². The summed E-state index contributed by atoms with van der Waals surface area (Å²) < 4.78 is 5.48. The van der Waals surface area contributed by atoms with Crippen molar-refractivity contribution >= 4 is 28.3 Å². The first kappa shape index (κ1) is 15.4. The number of esters is 1. The SMILES string of the molecule is O=C(Oc1ccc2ccccc2c1)c1ccc(N2CCCC2=O)cc1. The molecular weight excluding hydrogens is 314 g/mol. The molecule has 0 bridgehead atoms. The molecule has 1 amide bonds. The van der Waals surface area contributed by atoms with Gasteiger partial charge in [-0.15, -0.1) is 0 Å². The molecule has 1 fully saturated rings. The van der Waals surface area contributed by atoms with E-state index >= 15 is 0 Å². The maximum atomic E-state index is 12.3. The number of fused-ring (bicyclic) bond motifs is 1. The second kappa shape index (κ2) is 6.40. The third kappa shape index (κ3) is 3.11. The normalized spacial score (nSPS) is 14.1. The molecule has 1 saturated heterocycles. The zero-order valence-corrected chi connectivity index (χ0v) is 13.6. The molecule has 1 aliphatic heterocycles. The molecule has 4 nitrogen and oxygen atoms in total. The highest BCUT2D eigenvalue weighted by Gasteiger charge is 2.21. The molecule has 0 aromatic heterocycles. The molecule has 25 heavy (non-hydrogen) atoms. The lowest BCUT2D eigenvalue weighted by Crippen LogP contribution is -2.23. The summed E-state index contributed by atoms with van der Waals surface area (Å²) in [6, 6.07) is 20.5. The fraction of sp³-hybridized carbons (Fsp3) is 0.143. The van der Waals surface area contributed by atoms with Crippen LogP contribution in [0, 0.1) is 0 Å². The summed E-state index contributed by atoms with van der Waals surface area (Å²) in [5.74, 6) is 0.239. The molecule has 4 heteroatoms. The van der Waals surface area contributed by atoms with Gasteiger partial charge in [-0.05, 0) is 53.6 Å². The number of amides is 1. The van der Waals surface area contributed by atoms with Crippen LogP contribution in [0.5, 0.6) is 5.75 Å². The van der Waals surface area contributed by atoms with E-state index < -0.39 is 5.97 Å². The number of hydrogen-bond donors (Lipinski definition) is 0. The fourth-order valence-electron chi connectivity index (χ4n) is 3.10. The lowest BCUT2D eigenvalue weighted by atomic mass is 10.1. The number of anilines is 1. The Balaban J connectivity index is 1.51. The smallest absolute Gasteiger partial charge is 0.343 e. The van der Waals surface area contributed by atoms with E-state index in [1.54, 1.807) is 35.2 Å². The van der Waals surface area contributed by atoms with E-state index in [2.05, 4.69) is 0 Å². The zero-order valence-electron chi connectivity index (χ0n) is 13.6. The van der Waals surface area contributed by atoms with E-state index in [1.807, 2.05) is 36.4 Å². The van der Waals surface area contributed by atoms with Crippen LogP contribution in [0.1, 0.15) is 23.2 Å². The largest absolute Gasteiger partial charge is 0.423 e. The Kier molecular flexibility index (Phi) is 3.94. The monoisotopic (exact) mass is 331 g/mol. The summed E-state index contributed by atoms with van der Waals surface area (Å²) in [5.41, 5.74) is 1.29. The van der Waals surface area contributed by atoms with Crippen molar-refractivity contribution in [3.63, 3.8) is 0 Å². The lowest BCUT2D eigenvalue weighted by Gasteiger charge is -2.15. The Morgan fingerprint density at radius 3 is 2.40 bits per heavy atom. The van der Waals surface area contributed by atoms with Gasteiger partial charge in [0.15, 0.2) is 0 Å². The van der Waals surface area contributed by atoms with Crippen molar-refractivity contribution in [2.24, 2.45) is 0 Å². The molecular formula is C21H17NO3. The number of carbonyl (C=O) groups is 2. The van der Waals surface area contributed by atoms with Gasteiger partial charge in [-0.3, -0.25) is 4.79 Å². The number of carbonyl (C=O) groups excluding carboxylic acids is 2. The van der Waals surface area contributed by atoms with Gasteiger partial charge in [0.05, 0.1) is 5.56 Å². The van der Waals surface area contributed by atoms with Crippen LogP contribution in [0.15, 0.2) is 66.7 Å². The van der Waals surface area contributed by atoms with Gasteiger partial charge >= 0.3 is 5.97 Å². The van der Waals surface area contributed by atoms with E-state index in [-0.39, 0.29) is 5.91 Å². The van der Waals surface area contributed by atoms with E-state index in [1.165, 1.54) is 0 Å². The predicted molar refractivity (Wildman–Crippen MR) is 96.9 cm³/mol. The first-order valence-electron chi connectivity index (χ1n) is 8.32. The molecule has 0 unspecified atom stereocenters. The Bertz CT molecular complexity index is 947. The molecule has 3 aromatic rings. The minimum absolute atomic E-state index is 0.131. The molecule has 1 heterocycles. The molecule has 0 radical (unpaired) electrons. The maximum Gasteiger partial charge on any atom is 0.343 e. The van der Waals surface area contributed by atoms with Gasteiger partial charge in [-0.2, -0.15) is 0 Å². The Morgan fingerprint density at radius 2 is 1.68 bits per heavy atom. The highest BCUT2D eigenvalue weighted by Crippen LogP contribution is 2.24. The van der Waals surface area contributed by atoms with Crippen LogP contribution in [0.4, 0.5) is 5.69 Å². The molecule has 0 atom stereocenters. The highest BCUT2D eigenvalue weighted by atomic mass is 16.5. The quantitative estimate of drug-likeness (QED) is 0.534. The number of nitrogens with zero attached hydrogens (tertiary/aromatic N) is 1. The minimum Gasteiger partial charge on any atom is -0.423 e.